The van der Waals surface area contributed by atoms with Gasteiger partial charge in [0.15, 0.2) is 0 Å². The molecule has 0 atom stereocenters. The molecule has 0 aliphatic carbocycles. The molecule has 2 aromatic rings. The molecule has 2 aromatic heterocycles. The predicted octanol–water partition coefficient (Wildman–Crippen LogP) is 0.396. The molecule has 1 amide bonds. The van der Waals surface area contributed by atoms with Crippen molar-refractivity contribution < 1.29 is 4.79 Å². The van der Waals surface area contributed by atoms with Crippen LogP contribution in [0.3, 0.4) is 0 Å². The number of nitrogens with zero attached hydrogens (tertiary/aromatic N) is 5. The molecular formula is C8H6N6OS. The Kier molecular flexibility index (Phi) is 2.61. The molecule has 2 rings (SSSR count). The van der Waals surface area contributed by atoms with Gasteiger partial charge in [-0.25, -0.2) is 0 Å². The van der Waals surface area contributed by atoms with Gasteiger partial charge in [0.25, 0.3) is 5.91 Å². The summed E-state index contributed by atoms with van der Waals surface area (Å²) in [7, 11) is 1.64. The van der Waals surface area contributed by atoms with Crippen molar-refractivity contribution >= 4 is 23.3 Å². The molecule has 0 saturated heterocycles. The van der Waals surface area contributed by atoms with Crippen molar-refractivity contribution in [3.63, 3.8) is 0 Å². The normalized spacial score (nSPS) is 9.75. The van der Waals surface area contributed by atoms with Crippen molar-refractivity contribution in [1.82, 2.24) is 19.4 Å². The van der Waals surface area contributed by atoms with E-state index in [0.717, 1.165) is 11.5 Å². The van der Waals surface area contributed by atoms with Crippen LogP contribution in [0.2, 0.25) is 0 Å². The largest absolute Gasteiger partial charge is 0.305 e. The maximum Gasteiger partial charge on any atom is 0.270 e. The standard InChI is InChI=1S/C8H6N6OS/c1-14-7(5(2-9)3-11-14)12-8(15)6-4-10-13-16-6/h3-4H,1H3,(H,12,15). The molecule has 0 saturated carbocycles. The number of rotatable bonds is 2. The minimum absolute atomic E-state index is 0.313. The van der Waals surface area contributed by atoms with E-state index in [-0.39, 0.29) is 5.91 Å². The first kappa shape index (κ1) is 10.3. The minimum Gasteiger partial charge on any atom is -0.305 e. The Morgan fingerprint density at radius 3 is 3.06 bits per heavy atom. The van der Waals surface area contributed by atoms with Gasteiger partial charge in [-0.1, -0.05) is 4.49 Å². The molecule has 7 nitrogen and oxygen atoms in total. The zero-order valence-corrected chi connectivity index (χ0v) is 9.02. The zero-order chi connectivity index (χ0) is 11.5. The van der Waals surface area contributed by atoms with Crippen molar-refractivity contribution in [3.8, 4) is 6.07 Å². The molecule has 0 aliphatic heterocycles. The van der Waals surface area contributed by atoms with Gasteiger partial charge in [-0.15, -0.1) is 5.10 Å². The number of carbonyl (C=O) groups is 1. The molecular weight excluding hydrogens is 228 g/mol. The minimum atomic E-state index is -0.352. The summed E-state index contributed by atoms with van der Waals surface area (Å²) in [5.41, 5.74) is 0.313. The molecule has 1 N–H and O–H groups in total. The average Bonchev–Trinajstić information content (AvgIpc) is 2.89. The fraction of sp³-hybridized carbons (Fsp3) is 0.125. The highest BCUT2D eigenvalue weighted by Gasteiger charge is 2.14. The lowest BCUT2D eigenvalue weighted by Crippen LogP contribution is -2.14. The van der Waals surface area contributed by atoms with Gasteiger partial charge >= 0.3 is 0 Å². The van der Waals surface area contributed by atoms with Crippen molar-refractivity contribution in [2.75, 3.05) is 5.32 Å². The first-order valence-corrected chi connectivity index (χ1v) is 5.00. The molecule has 2 heterocycles. The smallest absolute Gasteiger partial charge is 0.270 e. The Labute approximate surface area is 94.5 Å². The van der Waals surface area contributed by atoms with E-state index in [0.29, 0.717) is 16.3 Å². The number of nitrogens with one attached hydrogen (secondary N) is 1. The van der Waals surface area contributed by atoms with Gasteiger partial charge in [0.2, 0.25) is 0 Å². The SMILES string of the molecule is Cn1ncc(C#N)c1NC(=O)c1cnns1. The van der Waals surface area contributed by atoms with Crippen LogP contribution in [-0.2, 0) is 7.05 Å². The zero-order valence-electron chi connectivity index (χ0n) is 8.21. The van der Waals surface area contributed by atoms with E-state index in [1.165, 1.54) is 17.1 Å². The van der Waals surface area contributed by atoms with Crippen LogP contribution in [0.15, 0.2) is 12.4 Å². The van der Waals surface area contributed by atoms with Gasteiger partial charge in [-0.3, -0.25) is 9.48 Å². The molecule has 16 heavy (non-hydrogen) atoms. The highest BCUT2D eigenvalue weighted by atomic mass is 32.1. The highest BCUT2D eigenvalue weighted by molar-refractivity contribution is 7.07. The first-order chi connectivity index (χ1) is 7.72. The first-order valence-electron chi connectivity index (χ1n) is 4.23. The Morgan fingerprint density at radius 2 is 2.44 bits per heavy atom. The fourth-order valence-corrected chi connectivity index (χ4v) is 1.51. The van der Waals surface area contributed by atoms with Crippen LogP contribution in [0, 0.1) is 11.3 Å². The number of aromatic nitrogens is 4. The summed E-state index contributed by atoms with van der Waals surface area (Å²) >= 11 is 0.986. The number of hydrogen-bond donors (Lipinski definition) is 1. The fourth-order valence-electron chi connectivity index (χ4n) is 1.10. The van der Waals surface area contributed by atoms with Gasteiger partial charge in [-0.05, 0) is 11.5 Å². The maximum absolute atomic E-state index is 11.7. The van der Waals surface area contributed by atoms with Crippen LogP contribution in [0.1, 0.15) is 15.2 Å². The summed E-state index contributed by atoms with van der Waals surface area (Å²) in [6.45, 7) is 0. The van der Waals surface area contributed by atoms with Crippen LogP contribution in [0.5, 0.6) is 0 Å². The number of hydrogen-bond acceptors (Lipinski definition) is 6. The van der Waals surface area contributed by atoms with Crippen LogP contribution in [-0.4, -0.2) is 25.3 Å². The summed E-state index contributed by atoms with van der Waals surface area (Å²) in [5, 5.41) is 18.8. The lowest BCUT2D eigenvalue weighted by Gasteiger charge is -2.03. The van der Waals surface area contributed by atoms with E-state index in [9.17, 15) is 4.79 Å². The summed E-state index contributed by atoms with van der Waals surface area (Å²) in [6.07, 6.45) is 2.75. The third kappa shape index (κ3) is 1.76. The van der Waals surface area contributed by atoms with Gasteiger partial charge in [0.05, 0.1) is 12.4 Å². The van der Waals surface area contributed by atoms with Gasteiger partial charge in [-0.2, -0.15) is 10.4 Å². The van der Waals surface area contributed by atoms with E-state index < -0.39 is 0 Å². The topological polar surface area (TPSA) is 96.5 Å². The lowest BCUT2D eigenvalue weighted by atomic mass is 10.3. The van der Waals surface area contributed by atoms with Crippen LogP contribution in [0.25, 0.3) is 0 Å². The number of anilines is 1. The van der Waals surface area contributed by atoms with E-state index in [2.05, 4.69) is 20.0 Å². The molecule has 0 aliphatic rings. The number of aryl methyl sites for hydroxylation is 1. The summed E-state index contributed by atoms with van der Waals surface area (Å²) < 4.78 is 5.00. The molecule has 0 bridgehead atoms. The third-order valence-corrected chi connectivity index (χ3v) is 2.54. The summed E-state index contributed by atoms with van der Waals surface area (Å²) in [4.78, 5) is 12.0. The van der Waals surface area contributed by atoms with Crippen LogP contribution in [0.4, 0.5) is 5.82 Å². The molecule has 0 fully saturated rings. The van der Waals surface area contributed by atoms with Gasteiger partial charge in [0.1, 0.15) is 22.3 Å². The molecule has 0 aromatic carbocycles. The molecule has 0 unspecified atom stereocenters. The van der Waals surface area contributed by atoms with Gasteiger partial charge in [0, 0.05) is 7.05 Å². The Balaban J connectivity index is 2.25. The van der Waals surface area contributed by atoms with Gasteiger partial charge < -0.3 is 5.32 Å². The number of amides is 1. The molecule has 0 spiro atoms. The van der Waals surface area contributed by atoms with Crippen molar-refractivity contribution in [3.05, 3.63) is 22.8 Å². The summed E-state index contributed by atoms with van der Waals surface area (Å²) in [6, 6.07) is 1.94. The molecule has 8 heteroatoms. The average molecular weight is 234 g/mol. The van der Waals surface area contributed by atoms with Crippen molar-refractivity contribution in [1.29, 1.82) is 5.26 Å². The Hall–Kier alpha value is -2.27. The van der Waals surface area contributed by atoms with Crippen LogP contribution < -0.4 is 5.32 Å². The quantitative estimate of drug-likeness (QED) is 0.811. The van der Waals surface area contributed by atoms with Crippen molar-refractivity contribution in [2.45, 2.75) is 0 Å². The molecule has 80 valence electrons. The lowest BCUT2D eigenvalue weighted by molar-refractivity contribution is 0.102. The van der Waals surface area contributed by atoms with E-state index in [1.807, 2.05) is 6.07 Å². The third-order valence-electron chi connectivity index (χ3n) is 1.88. The van der Waals surface area contributed by atoms with E-state index >= 15 is 0 Å². The van der Waals surface area contributed by atoms with E-state index in [1.54, 1.807) is 7.05 Å². The van der Waals surface area contributed by atoms with Crippen molar-refractivity contribution in [2.24, 2.45) is 7.05 Å². The summed E-state index contributed by atoms with van der Waals surface area (Å²) in [5.74, 6) is 0.0102. The van der Waals surface area contributed by atoms with E-state index in [4.69, 9.17) is 5.26 Å². The second-order valence-electron chi connectivity index (χ2n) is 2.88. The monoisotopic (exact) mass is 234 g/mol. The number of nitriles is 1. The van der Waals surface area contributed by atoms with Crippen LogP contribution >= 0.6 is 11.5 Å². The second kappa shape index (κ2) is 4.08. The predicted molar refractivity (Wildman–Crippen MR) is 55.8 cm³/mol. The maximum atomic E-state index is 11.7. The molecule has 0 radical (unpaired) electrons. The number of carbonyl (C=O) groups excluding carboxylic acids is 1. The second-order valence-corrected chi connectivity index (χ2v) is 3.66. The highest BCUT2D eigenvalue weighted by Crippen LogP contribution is 2.14. The Bertz CT molecular complexity index is 552. The Morgan fingerprint density at radius 1 is 1.62 bits per heavy atom.